The van der Waals surface area contributed by atoms with Crippen LogP contribution in [0.1, 0.15) is 64.5 Å². The molecule has 6 rings (SSSR count). The lowest BCUT2D eigenvalue weighted by molar-refractivity contribution is -0.0238. The van der Waals surface area contributed by atoms with Crippen LogP contribution in [0, 0.1) is 28.6 Å². The molecule has 2 aromatic rings. The van der Waals surface area contributed by atoms with Gasteiger partial charge < -0.3 is 10.8 Å². The highest BCUT2D eigenvalue weighted by Crippen LogP contribution is 2.66. The molecule has 0 aromatic carbocycles. The van der Waals surface area contributed by atoms with Crippen LogP contribution in [0.4, 0.5) is 0 Å². The van der Waals surface area contributed by atoms with E-state index in [1.165, 1.54) is 44.0 Å². The first-order chi connectivity index (χ1) is 15.0. The summed E-state index contributed by atoms with van der Waals surface area (Å²) in [5.74, 6) is 3.02. The smallest absolute Gasteiger partial charge is 0.234 e. The van der Waals surface area contributed by atoms with Crippen molar-refractivity contribution in [3.63, 3.8) is 0 Å². The average molecular weight is 421 g/mol. The molecule has 166 valence electrons. The van der Waals surface area contributed by atoms with E-state index in [-0.39, 0.29) is 11.5 Å². The maximum absolute atomic E-state index is 10.2. The van der Waals surface area contributed by atoms with Gasteiger partial charge in [-0.25, -0.2) is 9.97 Å². The van der Waals surface area contributed by atoms with Crippen LogP contribution in [0.2, 0.25) is 0 Å². The molecule has 4 aliphatic carbocycles. The molecule has 0 amide bonds. The predicted octanol–water partition coefficient (Wildman–Crippen LogP) is 4.62. The zero-order valence-corrected chi connectivity index (χ0v) is 19.1. The van der Waals surface area contributed by atoms with Crippen molar-refractivity contribution in [2.75, 3.05) is 7.05 Å². The number of hydrogen-bond donors (Lipinski definition) is 2. The van der Waals surface area contributed by atoms with Gasteiger partial charge in [-0.1, -0.05) is 31.6 Å². The van der Waals surface area contributed by atoms with Gasteiger partial charge >= 0.3 is 0 Å². The van der Waals surface area contributed by atoms with Crippen LogP contribution in [0.15, 0.2) is 42.4 Å². The second-order valence-electron chi connectivity index (χ2n) is 10.4. The van der Waals surface area contributed by atoms with E-state index < -0.39 is 0 Å². The van der Waals surface area contributed by atoms with Gasteiger partial charge in [0.2, 0.25) is 5.78 Å². The van der Waals surface area contributed by atoms with Gasteiger partial charge in [0.1, 0.15) is 0 Å². The number of imidazole rings is 1. The zero-order chi connectivity index (χ0) is 21.8. The van der Waals surface area contributed by atoms with Crippen molar-refractivity contribution in [2.45, 2.75) is 64.9 Å². The quantitative estimate of drug-likeness (QED) is 0.660. The van der Waals surface area contributed by atoms with E-state index in [2.05, 4.69) is 52.3 Å². The molecule has 5 heteroatoms. The SMILES string of the molecule is CN.C[C@]12CCC(O)CC1=CCC1C2CC[C@]2(C)C(c3cnc4ncccn34)=CCC12. The van der Waals surface area contributed by atoms with Crippen molar-refractivity contribution in [1.29, 1.82) is 0 Å². The van der Waals surface area contributed by atoms with Crippen molar-refractivity contribution in [3.05, 3.63) is 48.1 Å². The molecule has 6 atom stereocenters. The molecule has 5 nitrogen and oxygen atoms in total. The zero-order valence-electron chi connectivity index (χ0n) is 19.1. The van der Waals surface area contributed by atoms with Gasteiger partial charge in [0, 0.05) is 12.4 Å². The van der Waals surface area contributed by atoms with Crippen LogP contribution in [-0.2, 0) is 0 Å². The first-order valence-electron chi connectivity index (χ1n) is 11.9. The van der Waals surface area contributed by atoms with Crippen LogP contribution in [0.25, 0.3) is 11.4 Å². The number of aromatic nitrogens is 3. The van der Waals surface area contributed by atoms with Crippen LogP contribution >= 0.6 is 0 Å². The number of nitrogens with zero attached hydrogens (tertiary/aromatic N) is 3. The van der Waals surface area contributed by atoms with Gasteiger partial charge in [-0.05, 0) is 92.2 Å². The van der Waals surface area contributed by atoms with Crippen molar-refractivity contribution >= 4 is 11.4 Å². The Kier molecular flexibility index (Phi) is 5.10. The number of hydrogen-bond acceptors (Lipinski definition) is 4. The van der Waals surface area contributed by atoms with E-state index in [4.69, 9.17) is 0 Å². The number of rotatable bonds is 1. The van der Waals surface area contributed by atoms with Crippen molar-refractivity contribution in [3.8, 4) is 0 Å². The fraction of sp³-hybridized carbons (Fsp3) is 0.615. The summed E-state index contributed by atoms with van der Waals surface area (Å²) in [4.78, 5) is 8.99. The molecule has 4 unspecified atom stereocenters. The lowest BCUT2D eigenvalue weighted by atomic mass is 9.47. The highest BCUT2D eigenvalue weighted by Gasteiger charge is 2.57. The summed E-state index contributed by atoms with van der Waals surface area (Å²) in [6.07, 6.45) is 18.8. The highest BCUT2D eigenvalue weighted by atomic mass is 16.3. The number of aliphatic hydroxyl groups is 1. The summed E-state index contributed by atoms with van der Waals surface area (Å²) >= 11 is 0. The third kappa shape index (κ3) is 2.96. The Morgan fingerprint density at radius 2 is 1.84 bits per heavy atom. The molecule has 0 bridgehead atoms. The third-order valence-corrected chi connectivity index (χ3v) is 9.22. The summed E-state index contributed by atoms with van der Waals surface area (Å²) < 4.78 is 2.16. The van der Waals surface area contributed by atoms with Crippen LogP contribution in [0.3, 0.4) is 0 Å². The van der Waals surface area contributed by atoms with Crippen molar-refractivity contribution in [2.24, 2.45) is 34.3 Å². The molecule has 2 heterocycles. The fourth-order valence-corrected chi connectivity index (χ4v) is 7.63. The summed E-state index contributed by atoms with van der Waals surface area (Å²) in [6, 6.07) is 2.00. The number of fused-ring (bicyclic) bond motifs is 6. The normalized spacial score (nSPS) is 38.9. The topological polar surface area (TPSA) is 76.4 Å². The van der Waals surface area contributed by atoms with E-state index in [9.17, 15) is 5.11 Å². The molecular formula is C26H36N4O. The van der Waals surface area contributed by atoms with Gasteiger partial charge in [-0.3, -0.25) is 4.40 Å². The maximum atomic E-state index is 10.2. The van der Waals surface area contributed by atoms with Crippen molar-refractivity contribution in [1.82, 2.24) is 14.4 Å². The van der Waals surface area contributed by atoms with E-state index in [1.54, 1.807) is 5.57 Å². The molecule has 3 N–H and O–H groups in total. The summed E-state index contributed by atoms with van der Waals surface area (Å²) in [5, 5.41) is 10.2. The minimum absolute atomic E-state index is 0.122. The molecule has 0 spiro atoms. The molecule has 0 saturated heterocycles. The maximum Gasteiger partial charge on any atom is 0.234 e. The minimum atomic E-state index is -0.122. The summed E-state index contributed by atoms with van der Waals surface area (Å²) in [5.41, 5.74) is 9.30. The molecule has 31 heavy (non-hydrogen) atoms. The van der Waals surface area contributed by atoms with Gasteiger partial charge in [0.25, 0.3) is 0 Å². The van der Waals surface area contributed by atoms with E-state index in [0.29, 0.717) is 11.3 Å². The Bertz CT molecular complexity index is 1040. The molecule has 0 aliphatic heterocycles. The standard InChI is InChI=1S/C25H31N3O.CH5N/c1-24-10-8-17(29)14-16(24)4-5-18-19-6-7-21(25(19,2)11-9-20(18)24)22-15-27-23-26-12-3-13-28(22)23;1-2/h3-4,7,12-13,15,17-20,29H,5-6,8-11,14H2,1-2H3;2H2,1H3/t17?,18?,19?,20?,24-,25-;/m0./s1. The third-order valence-electron chi connectivity index (χ3n) is 9.22. The van der Waals surface area contributed by atoms with Gasteiger partial charge in [0.15, 0.2) is 0 Å². The molecule has 0 radical (unpaired) electrons. The van der Waals surface area contributed by atoms with E-state index in [0.717, 1.165) is 36.9 Å². The van der Waals surface area contributed by atoms with Crippen LogP contribution in [-0.4, -0.2) is 32.6 Å². The first kappa shape index (κ1) is 20.9. The Morgan fingerprint density at radius 3 is 2.68 bits per heavy atom. The Morgan fingerprint density at radius 1 is 1.03 bits per heavy atom. The summed E-state index contributed by atoms with van der Waals surface area (Å²) in [7, 11) is 1.50. The van der Waals surface area contributed by atoms with E-state index >= 15 is 0 Å². The molecule has 4 aliphatic rings. The number of aliphatic hydroxyl groups excluding tert-OH is 1. The Balaban J connectivity index is 0.000000994. The lowest BCUT2D eigenvalue weighted by Gasteiger charge is -2.57. The van der Waals surface area contributed by atoms with E-state index in [1.807, 2.05) is 18.5 Å². The fourth-order valence-electron chi connectivity index (χ4n) is 7.63. The van der Waals surface area contributed by atoms with Crippen LogP contribution < -0.4 is 5.73 Å². The number of nitrogens with two attached hydrogens (primary N) is 1. The first-order valence-corrected chi connectivity index (χ1v) is 11.9. The lowest BCUT2D eigenvalue weighted by Crippen LogP contribution is -2.49. The second kappa shape index (κ2) is 7.56. The summed E-state index contributed by atoms with van der Waals surface area (Å²) in [6.45, 7) is 5.01. The van der Waals surface area contributed by atoms with Crippen molar-refractivity contribution < 1.29 is 5.11 Å². The van der Waals surface area contributed by atoms with Crippen LogP contribution in [0.5, 0.6) is 0 Å². The minimum Gasteiger partial charge on any atom is -0.393 e. The van der Waals surface area contributed by atoms with Gasteiger partial charge in [-0.2, -0.15) is 0 Å². The number of allylic oxidation sites excluding steroid dienone is 3. The molecule has 2 aromatic heterocycles. The Labute approximate surface area is 185 Å². The molecule has 2 saturated carbocycles. The average Bonchev–Trinajstić information content (AvgIpc) is 3.36. The molecule has 2 fully saturated rings. The molecular weight excluding hydrogens is 384 g/mol. The predicted molar refractivity (Wildman–Crippen MR) is 124 cm³/mol. The van der Waals surface area contributed by atoms with Gasteiger partial charge in [0.05, 0.1) is 18.0 Å². The highest BCUT2D eigenvalue weighted by molar-refractivity contribution is 5.72. The largest absolute Gasteiger partial charge is 0.393 e. The second-order valence-corrected chi connectivity index (χ2v) is 10.4. The Hall–Kier alpha value is -1.98. The van der Waals surface area contributed by atoms with Gasteiger partial charge in [-0.15, -0.1) is 0 Å². The monoisotopic (exact) mass is 420 g/mol.